The van der Waals surface area contributed by atoms with Crippen molar-refractivity contribution in [2.45, 2.75) is 80.9 Å². The zero-order valence-electron chi connectivity index (χ0n) is 17.8. The van der Waals surface area contributed by atoms with Gasteiger partial charge in [0.15, 0.2) is 5.96 Å². The number of ether oxygens (including phenoxy) is 1. The number of piperidine rings is 1. The second-order valence-corrected chi connectivity index (χ2v) is 10.8. The molecule has 0 aromatic carbocycles. The summed E-state index contributed by atoms with van der Waals surface area (Å²) < 4.78 is 6.75. The molecule has 2 aliphatic rings. The number of thiazole rings is 1. The van der Waals surface area contributed by atoms with Crippen LogP contribution in [0.1, 0.15) is 52.9 Å². The van der Waals surface area contributed by atoms with Gasteiger partial charge in [-0.3, -0.25) is 4.99 Å². The predicted octanol–water partition coefficient (Wildman–Crippen LogP) is 3.72. The highest BCUT2D eigenvalue weighted by Crippen LogP contribution is 2.36. The number of thioether (sulfide) groups is 1. The van der Waals surface area contributed by atoms with E-state index >= 15 is 0 Å². The predicted molar refractivity (Wildman–Crippen MR) is 120 cm³/mol. The Morgan fingerprint density at radius 1 is 1.38 bits per heavy atom. The Hall–Kier alpha value is -1.48. The van der Waals surface area contributed by atoms with Gasteiger partial charge < -0.3 is 20.3 Å². The van der Waals surface area contributed by atoms with E-state index in [9.17, 15) is 4.79 Å². The summed E-state index contributed by atoms with van der Waals surface area (Å²) in [6, 6.07) is 0.852. The molecule has 3 heterocycles. The minimum Gasteiger partial charge on any atom is -0.444 e. The second kappa shape index (κ2) is 10.0. The highest BCUT2D eigenvalue weighted by atomic mass is 32.2. The zero-order chi connectivity index (χ0) is 20.9. The van der Waals surface area contributed by atoms with Gasteiger partial charge in [0.05, 0.1) is 0 Å². The van der Waals surface area contributed by atoms with Crippen LogP contribution < -0.4 is 10.6 Å². The standard InChI is InChI=1S/C20H33N5O2S2/c1-20(2,3)27-19(26)25-15-6-7-16(25)13-14(12-15)24-17(21-4)22-8-5-10-28-18-23-9-11-29-18/h9,11,14-16H,5-8,10,12-13H2,1-4H3,(H2,21,22,24). The van der Waals surface area contributed by atoms with Crippen LogP contribution in [-0.2, 0) is 4.74 Å². The normalized spacial score (nSPS) is 24.5. The number of rotatable bonds is 6. The summed E-state index contributed by atoms with van der Waals surface area (Å²) in [4.78, 5) is 23.2. The number of nitrogens with one attached hydrogen (secondary N) is 2. The largest absolute Gasteiger partial charge is 0.444 e. The van der Waals surface area contributed by atoms with E-state index < -0.39 is 5.60 Å². The molecule has 2 N–H and O–H groups in total. The number of hydrogen-bond donors (Lipinski definition) is 2. The van der Waals surface area contributed by atoms with Crippen LogP contribution in [-0.4, -0.2) is 65.0 Å². The number of carbonyl (C=O) groups excluding carboxylic acids is 1. The number of nitrogens with zero attached hydrogens (tertiary/aromatic N) is 3. The molecule has 2 bridgehead atoms. The number of hydrogen-bond acceptors (Lipinski definition) is 6. The fraction of sp³-hybridized carbons (Fsp3) is 0.750. The molecule has 2 saturated heterocycles. The lowest BCUT2D eigenvalue weighted by atomic mass is 9.98. The minimum atomic E-state index is -0.449. The van der Waals surface area contributed by atoms with Gasteiger partial charge in [0.2, 0.25) is 0 Å². The van der Waals surface area contributed by atoms with Crippen molar-refractivity contribution in [2.75, 3.05) is 19.3 Å². The lowest BCUT2D eigenvalue weighted by Crippen LogP contribution is -2.55. The van der Waals surface area contributed by atoms with Crippen molar-refractivity contribution in [3.05, 3.63) is 11.6 Å². The summed E-state index contributed by atoms with van der Waals surface area (Å²) >= 11 is 3.48. The molecule has 2 aliphatic heterocycles. The van der Waals surface area contributed by atoms with Gasteiger partial charge in [-0.25, -0.2) is 9.78 Å². The van der Waals surface area contributed by atoms with Gasteiger partial charge >= 0.3 is 6.09 Å². The average molecular weight is 440 g/mol. The molecule has 0 aliphatic carbocycles. The van der Waals surface area contributed by atoms with E-state index in [-0.39, 0.29) is 18.2 Å². The Morgan fingerprint density at radius 3 is 2.69 bits per heavy atom. The number of fused-ring (bicyclic) bond motifs is 2. The maximum Gasteiger partial charge on any atom is 0.410 e. The third-order valence-electron chi connectivity index (χ3n) is 5.15. The van der Waals surface area contributed by atoms with Crippen molar-refractivity contribution < 1.29 is 9.53 Å². The monoisotopic (exact) mass is 439 g/mol. The van der Waals surface area contributed by atoms with Gasteiger partial charge in [-0.05, 0) is 52.9 Å². The third kappa shape index (κ3) is 6.50. The van der Waals surface area contributed by atoms with E-state index in [0.29, 0.717) is 6.04 Å². The Morgan fingerprint density at radius 2 is 2.10 bits per heavy atom. The van der Waals surface area contributed by atoms with Crippen molar-refractivity contribution in [3.8, 4) is 0 Å². The molecule has 1 amide bonds. The van der Waals surface area contributed by atoms with Gasteiger partial charge in [-0.2, -0.15) is 0 Å². The molecule has 2 fully saturated rings. The fourth-order valence-electron chi connectivity index (χ4n) is 4.02. The highest BCUT2D eigenvalue weighted by Gasteiger charge is 2.45. The number of guanidine groups is 1. The van der Waals surface area contributed by atoms with E-state index in [1.807, 2.05) is 44.3 Å². The van der Waals surface area contributed by atoms with Crippen molar-refractivity contribution >= 4 is 35.2 Å². The number of aliphatic imine (C=N–C) groups is 1. The first-order chi connectivity index (χ1) is 13.9. The first-order valence-corrected chi connectivity index (χ1v) is 12.2. The van der Waals surface area contributed by atoms with Crippen LogP contribution in [0.5, 0.6) is 0 Å². The molecule has 29 heavy (non-hydrogen) atoms. The van der Waals surface area contributed by atoms with Crippen molar-refractivity contribution in [1.29, 1.82) is 0 Å². The summed E-state index contributed by atoms with van der Waals surface area (Å²) in [6.07, 6.45) is 6.73. The van der Waals surface area contributed by atoms with Crippen LogP contribution in [0.25, 0.3) is 0 Å². The number of carbonyl (C=O) groups is 1. The molecular weight excluding hydrogens is 406 g/mol. The SMILES string of the molecule is CN=C(NCCCSc1nccs1)NC1CC2CCC(C1)N2C(=O)OC(C)(C)C. The summed E-state index contributed by atoms with van der Waals surface area (Å²) in [7, 11) is 1.81. The quantitative estimate of drug-likeness (QED) is 0.304. The lowest BCUT2D eigenvalue weighted by molar-refractivity contribution is 0.00545. The van der Waals surface area contributed by atoms with E-state index in [4.69, 9.17) is 4.74 Å². The Kier molecular flexibility index (Phi) is 7.67. The molecule has 9 heteroatoms. The second-order valence-electron chi connectivity index (χ2n) is 8.58. The van der Waals surface area contributed by atoms with E-state index in [2.05, 4.69) is 20.6 Å². The molecule has 2 atom stereocenters. The highest BCUT2D eigenvalue weighted by molar-refractivity contribution is 8.00. The molecular formula is C20H33N5O2S2. The molecule has 162 valence electrons. The Bertz CT molecular complexity index is 676. The molecule has 0 spiro atoms. The molecule has 0 radical (unpaired) electrons. The van der Waals surface area contributed by atoms with Crippen LogP contribution in [0.2, 0.25) is 0 Å². The first kappa shape index (κ1) is 22.2. The summed E-state index contributed by atoms with van der Waals surface area (Å²) in [5.41, 5.74) is -0.449. The van der Waals surface area contributed by atoms with Crippen molar-refractivity contribution in [3.63, 3.8) is 0 Å². The van der Waals surface area contributed by atoms with Gasteiger partial charge in [-0.1, -0.05) is 11.8 Å². The van der Waals surface area contributed by atoms with Gasteiger partial charge in [-0.15, -0.1) is 11.3 Å². The molecule has 1 aromatic heterocycles. The molecule has 3 rings (SSSR count). The Labute approximate surface area is 182 Å². The van der Waals surface area contributed by atoms with Crippen molar-refractivity contribution in [1.82, 2.24) is 20.5 Å². The first-order valence-electron chi connectivity index (χ1n) is 10.4. The Balaban J connectivity index is 1.41. The zero-order valence-corrected chi connectivity index (χ0v) is 19.4. The van der Waals surface area contributed by atoms with E-state index in [1.165, 1.54) is 0 Å². The summed E-state index contributed by atoms with van der Waals surface area (Å²) in [5, 5.41) is 8.98. The topological polar surface area (TPSA) is 78.9 Å². The van der Waals surface area contributed by atoms with E-state index in [0.717, 1.165) is 54.7 Å². The van der Waals surface area contributed by atoms with Crippen LogP contribution in [0.15, 0.2) is 20.9 Å². The fourth-order valence-corrected chi connectivity index (χ4v) is 5.66. The van der Waals surface area contributed by atoms with Crippen LogP contribution >= 0.6 is 23.1 Å². The maximum atomic E-state index is 12.6. The molecule has 1 aromatic rings. The van der Waals surface area contributed by atoms with Crippen LogP contribution in [0.4, 0.5) is 4.79 Å². The van der Waals surface area contributed by atoms with Crippen molar-refractivity contribution in [2.24, 2.45) is 4.99 Å². The van der Waals surface area contributed by atoms with Gasteiger partial charge in [0, 0.05) is 49.0 Å². The third-order valence-corrected chi connectivity index (χ3v) is 7.20. The average Bonchev–Trinajstić information content (AvgIpc) is 3.25. The van der Waals surface area contributed by atoms with E-state index in [1.54, 1.807) is 23.1 Å². The number of aromatic nitrogens is 1. The molecule has 2 unspecified atom stereocenters. The van der Waals surface area contributed by atoms with Gasteiger partial charge in [0.1, 0.15) is 9.94 Å². The lowest BCUT2D eigenvalue weighted by Gasteiger charge is -2.40. The molecule has 0 saturated carbocycles. The smallest absolute Gasteiger partial charge is 0.410 e. The van der Waals surface area contributed by atoms with Crippen LogP contribution in [0.3, 0.4) is 0 Å². The number of amides is 1. The maximum absolute atomic E-state index is 12.6. The van der Waals surface area contributed by atoms with Crippen LogP contribution in [0, 0.1) is 0 Å². The summed E-state index contributed by atoms with van der Waals surface area (Å²) in [5.74, 6) is 1.88. The molecule has 7 nitrogen and oxygen atoms in total. The van der Waals surface area contributed by atoms with Gasteiger partial charge in [0.25, 0.3) is 0 Å². The minimum absolute atomic E-state index is 0.163. The summed E-state index contributed by atoms with van der Waals surface area (Å²) in [6.45, 7) is 6.65.